The Kier molecular flexibility index (Phi) is 3.72. The molecule has 0 aliphatic rings. The first-order chi connectivity index (χ1) is 8.56. The lowest BCUT2D eigenvalue weighted by Crippen LogP contribution is -2.19. The predicted molar refractivity (Wildman–Crippen MR) is 67.3 cm³/mol. The van der Waals surface area contributed by atoms with Crippen molar-refractivity contribution < 1.29 is 4.39 Å². The second-order valence-corrected chi connectivity index (χ2v) is 4.52. The lowest BCUT2D eigenvalue weighted by molar-refractivity contribution is 0.306. The highest BCUT2D eigenvalue weighted by molar-refractivity contribution is 5.16. The lowest BCUT2D eigenvalue weighted by Gasteiger charge is -2.16. The summed E-state index contributed by atoms with van der Waals surface area (Å²) < 4.78 is 15.0. The van der Waals surface area contributed by atoms with Crippen LogP contribution < -0.4 is 0 Å². The molecule has 96 valence electrons. The number of aromatic nitrogens is 3. The number of nitrogens with zero attached hydrogens (tertiary/aromatic N) is 4. The molecule has 18 heavy (non-hydrogen) atoms. The Bertz CT molecular complexity index is 536. The number of rotatable bonds is 4. The van der Waals surface area contributed by atoms with Gasteiger partial charge in [0.2, 0.25) is 0 Å². The van der Waals surface area contributed by atoms with Crippen LogP contribution in [0.4, 0.5) is 4.39 Å². The SMILES string of the molecule is Cc1nnc(CN(C)Cc2cccc(F)c2)n1C. The third-order valence-corrected chi connectivity index (χ3v) is 2.94. The van der Waals surface area contributed by atoms with E-state index in [4.69, 9.17) is 0 Å². The Balaban J connectivity index is 2.01. The summed E-state index contributed by atoms with van der Waals surface area (Å²) in [6.45, 7) is 3.29. The molecule has 4 nitrogen and oxygen atoms in total. The number of halogens is 1. The van der Waals surface area contributed by atoms with Gasteiger partial charge in [-0.3, -0.25) is 4.90 Å². The van der Waals surface area contributed by atoms with E-state index in [2.05, 4.69) is 15.1 Å². The molecule has 0 bridgehead atoms. The third kappa shape index (κ3) is 2.92. The average molecular weight is 248 g/mol. The number of aryl methyl sites for hydroxylation is 1. The summed E-state index contributed by atoms with van der Waals surface area (Å²) in [5, 5.41) is 8.13. The van der Waals surface area contributed by atoms with Gasteiger partial charge in [0.05, 0.1) is 6.54 Å². The molecule has 5 heteroatoms. The fourth-order valence-electron chi connectivity index (χ4n) is 1.83. The second-order valence-electron chi connectivity index (χ2n) is 4.52. The maximum Gasteiger partial charge on any atom is 0.146 e. The molecular weight excluding hydrogens is 231 g/mol. The Morgan fingerprint density at radius 1 is 1.28 bits per heavy atom. The minimum atomic E-state index is -0.199. The fraction of sp³-hybridized carbons (Fsp3) is 0.385. The van der Waals surface area contributed by atoms with Gasteiger partial charge < -0.3 is 4.57 Å². The topological polar surface area (TPSA) is 34.0 Å². The lowest BCUT2D eigenvalue weighted by atomic mass is 10.2. The summed E-state index contributed by atoms with van der Waals surface area (Å²) >= 11 is 0. The molecule has 0 atom stereocenters. The fourth-order valence-corrected chi connectivity index (χ4v) is 1.83. The van der Waals surface area contributed by atoms with Crippen molar-refractivity contribution in [2.45, 2.75) is 20.0 Å². The van der Waals surface area contributed by atoms with Crippen LogP contribution in [0.1, 0.15) is 17.2 Å². The van der Waals surface area contributed by atoms with E-state index in [1.165, 1.54) is 6.07 Å². The van der Waals surface area contributed by atoms with Crippen molar-refractivity contribution in [3.63, 3.8) is 0 Å². The maximum atomic E-state index is 13.1. The van der Waals surface area contributed by atoms with Crippen molar-refractivity contribution in [2.75, 3.05) is 7.05 Å². The Morgan fingerprint density at radius 2 is 2.06 bits per heavy atom. The number of benzene rings is 1. The van der Waals surface area contributed by atoms with Gasteiger partial charge in [-0.1, -0.05) is 12.1 Å². The van der Waals surface area contributed by atoms with Gasteiger partial charge in [0.25, 0.3) is 0 Å². The van der Waals surface area contributed by atoms with Crippen LogP contribution in [0.3, 0.4) is 0 Å². The average Bonchev–Trinajstić information content (AvgIpc) is 2.61. The maximum absolute atomic E-state index is 13.1. The van der Waals surface area contributed by atoms with Crippen LogP contribution in [0.25, 0.3) is 0 Å². The van der Waals surface area contributed by atoms with Gasteiger partial charge in [0.1, 0.15) is 17.5 Å². The quantitative estimate of drug-likeness (QED) is 0.828. The van der Waals surface area contributed by atoms with Crippen molar-refractivity contribution >= 4 is 0 Å². The zero-order chi connectivity index (χ0) is 13.1. The van der Waals surface area contributed by atoms with Crippen molar-refractivity contribution in [1.29, 1.82) is 0 Å². The molecule has 0 spiro atoms. The number of hydrogen-bond acceptors (Lipinski definition) is 3. The Morgan fingerprint density at radius 3 is 2.67 bits per heavy atom. The van der Waals surface area contributed by atoms with Crippen LogP contribution >= 0.6 is 0 Å². The predicted octanol–water partition coefficient (Wildman–Crippen LogP) is 1.89. The highest BCUT2D eigenvalue weighted by Crippen LogP contribution is 2.08. The van der Waals surface area contributed by atoms with E-state index >= 15 is 0 Å². The molecule has 0 amide bonds. The summed E-state index contributed by atoms with van der Waals surface area (Å²) in [4.78, 5) is 2.08. The van der Waals surface area contributed by atoms with Crippen molar-refractivity contribution in [3.05, 3.63) is 47.3 Å². The van der Waals surface area contributed by atoms with Crippen molar-refractivity contribution in [2.24, 2.45) is 7.05 Å². The van der Waals surface area contributed by atoms with Gasteiger partial charge in [-0.2, -0.15) is 0 Å². The molecule has 0 saturated carbocycles. The molecule has 2 aromatic rings. The molecule has 0 fully saturated rings. The zero-order valence-electron chi connectivity index (χ0n) is 10.9. The van der Waals surface area contributed by atoms with Crippen molar-refractivity contribution in [1.82, 2.24) is 19.7 Å². The standard InChI is InChI=1S/C13H17FN4/c1-10-15-16-13(18(10)3)9-17(2)8-11-5-4-6-12(14)7-11/h4-7H,8-9H2,1-3H3. The molecule has 0 aliphatic heterocycles. The van der Waals surface area contributed by atoms with E-state index in [-0.39, 0.29) is 5.82 Å². The van der Waals surface area contributed by atoms with Crippen LogP contribution in [0.2, 0.25) is 0 Å². The monoisotopic (exact) mass is 248 g/mol. The highest BCUT2D eigenvalue weighted by Gasteiger charge is 2.08. The van der Waals surface area contributed by atoms with Gasteiger partial charge >= 0.3 is 0 Å². The zero-order valence-corrected chi connectivity index (χ0v) is 10.9. The summed E-state index contributed by atoms with van der Waals surface area (Å²) in [6.07, 6.45) is 0. The molecule has 1 heterocycles. The minimum Gasteiger partial charge on any atom is -0.317 e. The molecule has 0 unspecified atom stereocenters. The van der Waals surface area contributed by atoms with Gasteiger partial charge in [-0.05, 0) is 31.7 Å². The van der Waals surface area contributed by atoms with Crippen LogP contribution in [0.15, 0.2) is 24.3 Å². The van der Waals surface area contributed by atoms with E-state index < -0.39 is 0 Å². The van der Waals surface area contributed by atoms with Crippen LogP contribution in [0.5, 0.6) is 0 Å². The molecule has 1 aromatic heterocycles. The Hall–Kier alpha value is -1.75. The first-order valence-electron chi connectivity index (χ1n) is 5.84. The molecule has 0 aliphatic carbocycles. The molecule has 2 rings (SSSR count). The van der Waals surface area contributed by atoms with E-state index in [1.54, 1.807) is 12.1 Å². The molecular formula is C13H17FN4. The minimum absolute atomic E-state index is 0.199. The second kappa shape index (κ2) is 5.27. The summed E-state index contributed by atoms with van der Waals surface area (Å²) in [5.74, 6) is 1.60. The summed E-state index contributed by atoms with van der Waals surface area (Å²) in [7, 11) is 3.93. The number of hydrogen-bond donors (Lipinski definition) is 0. The van der Waals surface area contributed by atoms with Crippen LogP contribution in [0, 0.1) is 12.7 Å². The van der Waals surface area contributed by atoms with E-state index in [1.807, 2.05) is 31.7 Å². The van der Waals surface area contributed by atoms with Crippen LogP contribution in [-0.4, -0.2) is 26.7 Å². The van der Waals surface area contributed by atoms with E-state index in [0.29, 0.717) is 13.1 Å². The van der Waals surface area contributed by atoms with Gasteiger partial charge in [0, 0.05) is 13.6 Å². The third-order valence-electron chi connectivity index (χ3n) is 2.94. The van der Waals surface area contributed by atoms with Crippen molar-refractivity contribution in [3.8, 4) is 0 Å². The smallest absolute Gasteiger partial charge is 0.146 e. The largest absolute Gasteiger partial charge is 0.317 e. The summed E-state index contributed by atoms with van der Waals surface area (Å²) in [6, 6.07) is 6.65. The Labute approximate surface area is 106 Å². The van der Waals surface area contributed by atoms with Gasteiger partial charge in [-0.15, -0.1) is 10.2 Å². The highest BCUT2D eigenvalue weighted by atomic mass is 19.1. The molecule has 0 radical (unpaired) electrons. The molecule has 0 N–H and O–H groups in total. The van der Waals surface area contributed by atoms with E-state index in [0.717, 1.165) is 17.2 Å². The molecule has 1 aromatic carbocycles. The van der Waals surface area contributed by atoms with Crippen LogP contribution in [-0.2, 0) is 20.1 Å². The van der Waals surface area contributed by atoms with Gasteiger partial charge in [-0.25, -0.2) is 4.39 Å². The van der Waals surface area contributed by atoms with Gasteiger partial charge in [0.15, 0.2) is 0 Å². The van der Waals surface area contributed by atoms with E-state index in [9.17, 15) is 4.39 Å². The first kappa shape index (κ1) is 12.7. The summed E-state index contributed by atoms with van der Waals surface area (Å²) in [5.41, 5.74) is 0.955. The first-order valence-corrected chi connectivity index (χ1v) is 5.84. The normalized spacial score (nSPS) is 11.2. The molecule has 0 saturated heterocycles.